The Kier molecular flexibility index (Phi) is 9.85. The third-order valence-corrected chi connectivity index (χ3v) is 5.78. The van der Waals surface area contributed by atoms with Crippen molar-refractivity contribution in [3.63, 3.8) is 0 Å². The quantitative estimate of drug-likeness (QED) is 0.357. The highest BCUT2D eigenvalue weighted by atomic mass is 127. The van der Waals surface area contributed by atoms with Gasteiger partial charge in [-0.2, -0.15) is 0 Å². The van der Waals surface area contributed by atoms with E-state index in [1.54, 1.807) is 0 Å². The van der Waals surface area contributed by atoms with Gasteiger partial charge in [-0.3, -0.25) is 4.99 Å². The number of piperidine rings is 1. The van der Waals surface area contributed by atoms with Crippen LogP contribution in [0.5, 0.6) is 0 Å². The molecule has 2 N–H and O–H groups in total. The summed E-state index contributed by atoms with van der Waals surface area (Å²) in [6.45, 7) is 13.2. The number of hydrogen-bond acceptors (Lipinski definition) is 3. The molecule has 2 heterocycles. The summed E-state index contributed by atoms with van der Waals surface area (Å²) >= 11 is 0. The largest absolute Gasteiger partial charge is 0.369 e. The number of hydrogen-bond donors (Lipinski definition) is 2. The van der Waals surface area contributed by atoms with Crippen LogP contribution >= 0.6 is 24.0 Å². The van der Waals surface area contributed by atoms with Gasteiger partial charge in [0.15, 0.2) is 5.96 Å². The summed E-state index contributed by atoms with van der Waals surface area (Å²) in [5.74, 6) is 1.67. The minimum atomic E-state index is 0. The fraction of sp³-hybridized carbons (Fsp3) is 0.682. The molecule has 2 aliphatic rings. The van der Waals surface area contributed by atoms with Gasteiger partial charge < -0.3 is 20.4 Å². The Hall–Kier alpha value is -1.02. The molecule has 0 aliphatic carbocycles. The van der Waals surface area contributed by atoms with Crippen molar-refractivity contribution in [2.75, 3.05) is 44.2 Å². The van der Waals surface area contributed by atoms with Crippen LogP contribution in [0.4, 0.5) is 5.69 Å². The van der Waals surface area contributed by atoms with Crippen LogP contribution in [0.3, 0.4) is 0 Å². The molecule has 1 aromatic rings. The highest BCUT2D eigenvalue weighted by molar-refractivity contribution is 14.0. The molecule has 2 fully saturated rings. The van der Waals surface area contributed by atoms with Crippen molar-refractivity contribution in [3.8, 4) is 0 Å². The van der Waals surface area contributed by atoms with Crippen LogP contribution in [0.1, 0.15) is 40.0 Å². The number of guanidine groups is 1. The molecular weight excluding hydrogens is 461 g/mol. The Morgan fingerprint density at radius 1 is 1.14 bits per heavy atom. The molecule has 2 aliphatic heterocycles. The SMILES string of the molecule is CCNC(=NCC1CCCN(C(C)C)C1)NC1CCN(c2ccccc2)C1.I. The van der Waals surface area contributed by atoms with Crippen LogP contribution in [-0.4, -0.2) is 62.2 Å². The van der Waals surface area contributed by atoms with Crippen LogP contribution < -0.4 is 15.5 Å². The fourth-order valence-electron chi connectivity index (χ4n) is 4.20. The van der Waals surface area contributed by atoms with Crippen LogP contribution in [-0.2, 0) is 0 Å². The average Bonchev–Trinajstić information content (AvgIpc) is 3.16. The number of rotatable bonds is 6. The number of anilines is 1. The van der Waals surface area contributed by atoms with E-state index >= 15 is 0 Å². The van der Waals surface area contributed by atoms with Crippen molar-refractivity contribution in [1.82, 2.24) is 15.5 Å². The molecule has 0 bridgehead atoms. The predicted octanol–water partition coefficient (Wildman–Crippen LogP) is 3.56. The van der Waals surface area contributed by atoms with E-state index < -0.39 is 0 Å². The van der Waals surface area contributed by atoms with Crippen molar-refractivity contribution >= 4 is 35.6 Å². The minimum Gasteiger partial charge on any atom is -0.369 e. The zero-order valence-electron chi connectivity index (χ0n) is 17.7. The zero-order chi connectivity index (χ0) is 19.1. The first-order valence-electron chi connectivity index (χ1n) is 10.7. The Labute approximate surface area is 188 Å². The molecule has 6 heteroatoms. The normalized spacial score (nSPS) is 23.6. The number of aliphatic imine (C=N–C) groups is 1. The van der Waals surface area contributed by atoms with Gasteiger partial charge in [-0.1, -0.05) is 18.2 Å². The molecular formula is C22H38IN5. The highest BCUT2D eigenvalue weighted by Crippen LogP contribution is 2.20. The number of likely N-dealkylation sites (tertiary alicyclic amines) is 1. The zero-order valence-corrected chi connectivity index (χ0v) is 20.1. The highest BCUT2D eigenvalue weighted by Gasteiger charge is 2.24. The summed E-state index contributed by atoms with van der Waals surface area (Å²) in [4.78, 5) is 10.00. The number of nitrogens with zero attached hydrogens (tertiary/aromatic N) is 3. The van der Waals surface area contributed by atoms with Gasteiger partial charge in [-0.05, 0) is 64.6 Å². The number of nitrogens with one attached hydrogen (secondary N) is 2. The van der Waals surface area contributed by atoms with E-state index in [-0.39, 0.29) is 24.0 Å². The van der Waals surface area contributed by atoms with Gasteiger partial charge in [0.1, 0.15) is 0 Å². The lowest BCUT2D eigenvalue weighted by atomic mass is 9.97. The van der Waals surface area contributed by atoms with Gasteiger partial charge in [0, 0.05) is 50.5 Å². The molecule has 0 aromatic heterocycles. The Balaban J connectivity index is 0.00000280. The molecule has 158 valence electrons. The van der Waals surface area contributed by atoms with Gasteiger partial charge in [-0.15, -0.1) is 24.0 Å². The summed E-state index contributed by atoms with van der Waals surface area (Å²) in [7, 11) is 0. The molecule has 0 radical (unpaired) electrons. The molecule has 2 saturated heterocycles. The lowest BCUT2D eigenvalue weighted by molar-refractivity contribution is 0.143. The monoisotopic (exact) mass is 499 g/mol. The smallest absolute Gasteiger partial charge is 0.191 e. The Bertz CT molecular complexity index is 592. The minimum absolute atomic E-state index is 0. The summed E-state index contributed by atoms with van der Waals surface area (Å²) in [5, 5.41) is 7.12. The first kappa shape index (κ1) is 23.3. The number of benzene rings is 1. The second kappa shape index (κ2) is 11.9. The van der Waals surface area contributed by atoms with Gasteiger partial charge in [-0.25, -0.2) is 0 Å². The lowest BCUT2D eigenvalue weighted by Crippen LogP contribution is -2.45. The van der Waals surface area contributed by atoms with Gasteiger partial charge in [0.05, 0.1) is 0 Å². The number of halogens is 1. The van der Waals surface area contributed by atoms with Crippen molar-refractivity contribution in [1.29, 1.82) is 0 Å². The molecule has 3 rings (SSSR count). The van der Waals surface area contributed by atoms with Crippen molar-refractivity contribution < 1.29 is 0 Å². The molecule has 28 heavy (non-hydrogen) atoms. The van der Waals surface area contributed by atoms with Crippen LogP contribution in [0.2, 0.25) is 0 Å². The van der Waals surface area contributed by atoms with E-state index in [2.05, 4.69) is 71.5 Å². The van der Waals surface area contributed by atoms with Crippen LogP contribution in [0.25, 0.3) is 0 Å². The predicted molar refractivity (Wildman–Crippen MR) is 131 cm³/mol. The molecule has 0 spiro atoms. The molecule has 0 amide bonds. The standard InChI is InChI=1S/C22H37N5.HI/c1-4-23-22(24-15-19-9-8-13-26(16-19)18(2)3)25-20-12-14-27(17-20)21-10-6-5-7-11-21;/h5-7,10-11,18-20H,4,8-9,12-17H2,1-3H3,(H2,23,24,25);1H. The van der Waals surface area contributed by atoms with Gasteiger partial charge in [0.25, 0.3) is 0 Å². The maximum atomic E-state index is 4.94. The molecule has 0 saturated carbocycles. The fourth-order valence-corrected chi connectivity index (χ4v) is 4.20. The van der Waals surface area contributed by atoms with Crippen molar-refractivity contribution in [2.45, 2.75) is 52.1 Å². The van der Waals surface area contributed by atoms with E-state index in [1.165, 1.54) is 31.6 Å². The second-order valence-electron chi connectivity index (χ2n) is 8.23. The third kappa shape index (κ3) is 6.79. The lowest BCUT2D eigenvalue weighted by Gasteiger charge is -2.35. The maximum absolute atomic E-state index is 4.94. The van der Waals surface area contributed by atoms with Gasteiger partial charge in [0.2, 0.25) is 0 Å². The van der Waals surface area contributed by atoms with Crippen molar-refractivity contribution in [2.24, 2.45) is 10.9 Å². The number of para-hydroxylation sites is 1. The van der Waals surface area contributed by atoms with E-state index in [1.807, 2.05) is 0 Å². The van der Waals surface area contributed by atoms with Crippen LogP contribution in [0.15, 0.2) is 35.3 Å². The Morgan fingerprint density at radius 2 is 1.93 bits per heavy atom. The van der Waals surface area contributed by atoms with E-state index in [0.717, 1.165) is 38.6 Å². The summed E-state index contributed by atoms with van der Waals surface area (Å²) in [6, 6.07) is 11.8. The molecule has 2 atom stereocenters. The average molecular weight is 499 g/mol. The van der Waals surface area contributed by atoms with Gasteiger partial charge >= 0.3 is 0 Å². The first-order valence-corrected chi connectivity index (χ1v) is 10.7. The molecule has 5 nitrogen and oxygen atoms in total. The summed E-state index contributed by atoms with van der Waals surface area (Å²) < 4.78 is 0. The third-order valence-electron chi connectivity index (χ3n) is 5.78. The van der Waals surface area contributed by atoms with E-state index in [9.17, 15) is 0 Å². The second-order valence-corrected chi connectivity index (χ2v) is 8.23. The summed E-state index contributed by atoms with van der Waals surface area (Å²) in [5.41, 5.74) is 1.32. The van der Waals surface area contributed by atoms with Crippen molar-refractivity contribution in [3.05, 3.63) is 30.3 Å². The maximum Gasteiger partial charge on any atom is 0.191 e. The van der Waals surface area contributed by atoms with E-state index in [0.29, 0.717) is 18.0 Å². The summed E-state index contributed by atoms with van der Waals surface area (Å²) in [6.07, 6.45) is 3.76. The van der Waals surface area contributed by atoms with E-state index in [4.69, 9.17) is 4.99 Å². The first-order chi connectivity index (χ1) is 13.2. The van der Waals surface area contributed by atoms with Crippen LogP contribution in [0, 0.1) is 5.92 Å². The molecule has 2 unspecified atom stereocenters. The topological polar surface area (TPSA) is 42.9 Å². The molecule has 1 aromatic carbocycles. The Morgan fingerprint density at radius 3 is 2.64 bits per heavy atom.